The highest BCUT2D eigenvalue weighted by Crippen LogP contribution is 2.08. The Balaban J connectivity index is 2.07. The first-order valence-electron chi connectivity index (χ1n) is 6.55. The topological polar surface area (TPSA) is 98.7 Å². The van der Waals surface area contributed by atoms with Crippen LogP contribution in [0.15, 0.2) is 18.5 Å². The van der Waals surface area contributed by atoms with Crippen LogP contribution in [0, 0.1) is 0 Å². The molecule has 0 bridgehead atoms. The molecule has 0 aliphatic rings. The van der Waals surface area contributed by atoms with Gasteiger partial charge >= 0.3 is 0 Å². The number of hydrogen-bond donors (Lipinski definition) is 2. The summed E-state index contributed by atoms with van der Waals surface area (Å²) in [6, 6.07) is 3.31. The lowest BCUT2D eigenvalue weighted by molar-refractivity contribution is 0.0949. The maximum Gasteiger partial charge on any atom is 0.251 e. The normalized spacial score (nSPS) is 10.5. The van der Waals surface area contributed by atoms with E-state index in [0.717, 1.165) is 24.5 Å². The van der Waals surface area contributed by atoms with Gasteiger partial charge in [-0.05, 0) is 25.5 Å². The van der Waals surface area contributed by atoms with Crippen LogP contribution in [-0.2, 0) is 19.5 Å². The molecule has 0 saturated heterocycles. The van der Waals surface area contributed by atoms with E-state index in [1.165, 1.54) is 0 Å². The number of rotatable bonds is 5. The Bertz CT molecular complexity index is 607. The lowest BCUT2D eigenvalue weighted by Crippen LogP contribution is -2.25. The van der Waals surface area contributed by atoms with E-state index >= 15 is 0 Å². The molecule has 0 spiro atoms. The van der Waals surface area contributed by atoms with Crippen molar-refractivity contribution in [3.63, 3.8) is 0 Å². The van der Waals surface area contributed by atoms with Crippen molar-refractivity contribution in [2.45, 2.75) is 33.4 Å². The second-order valence-corrected chi connectivity index (χ2v) is 4.34. The summed E-state index contributed by atoms with van der Waals surface area (Å²) in [6.45, 7) is 5.05. The summed E-state index contributed by atoms with van der Waals surface area (Å²) in [5.41, 5.74) is 7.00. The van der Waals surface area contributed by atoms with Crippen LogP contribution in [0.1, 0.15) is 35.7 Å². The van der Waals surface area contributed by atoms with Crippen LogP contribution in [0.25, 0.3) is 0 Å². The smallest absolute Gasteiger partial charge is 0.251 e. The van der Waals surface area contributed by atoms with E-state index < -0.39 is 0 Å². The summed E-state index contributed by atoms with van der Waals surface area (Å²) in [5.74, 6) is 0.879. The Morgan fingerprint density at radius 1 is 1.40 bits per heavy atom. The number of carbonyl (C=O) groups excluding carboxylic acids is 1. The highest BCUT2D eigenvalue weighted by Gasteiger charge is 2.10. The molecule has 2 rings (SSSR count). The van der Waals surface area contributed by atoms with Gasteiger partial charge in [0.25, 0.3) is 5.91 Å². The molecular weight excluding hydrogens is 256 g/mol. The number of aryl methyl sites for hydroxylation is 2. The van der Waals surface area contributed by atoms with Gasteiger partial charge in [0.15, 0.2) is 5.82 Å². The number of nitrogen functional groups attached to an aromatic ring is 1. The third-order valence-electron chi connectivity index (χ3n) is 2.97. The third kappa shape index (κ3) is 3.11. The van der Waals surface area contributed by atoms with Gasteiger partial charge in [-0.25, -0.2) is 4.98 Å². The molecule has 0 radical (unpaired) electrons. The molecule has 0 saturated carbocycles. The number of carbonyl (C=O) groups is 1. The first-order valence-corrected chi connectivity index (χ1v) is 6.55. The van der Waals surface area contributed by atoms with E-state index in [0.29, 0.717) is 17.9 Å². The molecule has 3 N–H and O–H groups in total. The molecule has 0 unspecified atom stereocenters. The molecule has 0 aromatic carbocycles. The maximum absolute atomic E-state index is 12.1. The van der Waals surface area contributed by atoms with Crippen LogP contribution in [-0.4, -0.2) is 25.7 Å². The molecule has 1 amide bonds. The van der Waals surface area contributed by atoms with E-state index in [1.54, 1.807) is 18.5 Å². The molecule has 106 valence electrons. The fraction of sp³-hybridized carbons (Fsp3) is 0.385. The standard InChI is InChI=1S/C13H18N6O/c1-3-10-5-9(6-11(14)17-10)13(20)15-7-12-18-16-8-19(12)4-2/h5-6,8H,3-4,7H2,1-2H3,(H2,14,17)(H,15,20). The maximum atomic E-state index is 12.1. The van der Waals surface area contributed by atoms with Gasteiger partial charge in [0, 0.05) is 17.8 Å². The van der Waals surface area contributed by atoms with Gasteiger partial charge < -0.3 is 15.6 Å². The van der Waals surface area contributed by atoms with Crippen molar-refractivity contribution in [3.05, 3.63) is 35.5 Å². The van der Waals surface area contributed by atoms with E-state index in [9.17, 15) is 4.79 Å². The summed E-state index contributed by atoms with van der Waals surface area (Å²) in [6.07, 6.45) is 2.37. The van der Waals surface area contributed by atoms with E-state index in [4.69, 9.17) is 5.73 Å². The van der Waals surface area contributed by atoms with E-state index in [1.807, 2.05) is 18.4 Å². The zero-order valence-electron chi connectivity index (χ0n) is 11.6. The van der Waals surface area contributed by atoms with Crippen LogP contribution < -0.4 is 11.1 Å². The van der Waals surface area contributed by atoms with Crippen molar-refractivity contribution in [2.75, 3.05) is 5.73 Å². The predicted molar refractivity (Wildman–Crippen MR) is 74.9 cm³/mol. The van der Waals surface area contributed by atoms with Crippen molar-refractivity contribution in [3.8, 4) is 0 Å². The quantitative estimate of drug-likeness (QED) is 0.839. The molecule has 7 heteroatoms. The van der Waals surface area contributed by atoms with Gasteiger partial charge in [0.1, 0.15) is 12.1 Å². The number of aromatic nitrogens is 4. The average Bonchev–Trinajstić information content (AvgIpc) is 2.91. The number of pyridine rings is 1. The van der Waals surface area contributed by atoms with E-state index in [-0.39, 0.29) is 5.91 Å². The minimum absolute atomic E-state index is 0.195. The van der Waals surface area contributed by atoms with Gasteiger partial charge in [-0.15, -0.1) is 10.2 Å². The van der Waals surface area contributed by atoms with Crippen LogP contribution in [0.2, 0.25) is 0 Å². The molecule has 2 aromatic heterocycles. The zero-order valence-corrected chi connectivity index (χ0v) is 11.6. The largest absolute Gasteiger partial charge is 0.384 e. The molecule has 2 heterocycles. The van der Waals surface area contributed by atoms with Gasteiger partial charge in [-0.3, -0.25) is 4.79 Å². The van der Waals surface area contributed by atoms with Crippen molar-refractivity contribution >= 4 is 11.7 Å². The summed E-state index contributed by atoms with van der Waals surface area (Å²) >= 11 is 0. The number of amides is 1. The lowest BCUT2D eigenvalue weighted by Gasteiger charge is -2.07. The molecule has 0 aliphatic carbocycles. The Kier molecular flexibility index (Phi) is 4.29. The summed E-state index contributed by atoms with van der Waals surface area (Å²) in [5, 5.41) is 10.6. The van der Waals surface area contributed by atoms with Gasteiger partial charge in [0.2, 0.25) is 0 Å². The second kappa shape index (κ2) is 6.14. The average molecular weight is 274 g/mol. The minimum atomic E-state index is -0.195. The Labute approximate surface area is 117 Å². The van der Waals surface area contributed by atoms with Crippen molar-refractivity contribution < 1.29 is 4.79 Å². The fourth-order valence-electron chi connectivity index (χ4n) is 1.86. The van der Waals surface area contributed by atoms with Crippen molar-refractivity contribution in [2.24, 2.45) is 0 Å². The number of nitrogens with one attached hydrogen (secondary N) is 1. The molecule has 0 atom stereocenters. The summed E-state index contributed by atoms with van der Waals surface area (Å²) in [4.78, 5) is 16.3. The number of anilines is 1. The molecule has 0 aliphatic heterocycles. The molecule has 2 aromatic rings. The Morgan fingerprint density at radius 3 is 2.90 bits per heavy atom. The predicted octanol–water partition coefficient (Wildman–Crippen LogP) is 0.768. The van der Waals surface area contributed by atoms with Crippen LogP contribution in [0.3, 0.4) is 0 Å². The van der Waals surface area contributed by atoms with Gasteiger partial charge in [-0.2, -0.15) is 0 Å². The van der Waals surface area contributed by atoms with Crippen LogP contribution >= 0.6 is 0 Å². The summed E-state index contributed by atoms with van der Waals surface area (Å²) < 4.78 is 1.87. The molecular formula is C13H18N6O. The Hall–Kier alpha value is -2.44. The third-order valence-corrected chi connectivity index (χ3v) is 2.97. The minimum Gasteiger partial charge on any atom is -0.384 e. The molecule has 20 heavy (non-hydrogen) atoms. The van der Waals surface area contributed by atoms with Crippen molar-refractivity contribution in [1.29, 1.82) is 0 Å². The Morgan fingerprint density at radius 2 is 2.20 bits per heavy atom. The number of hydrogen-bond acceptors (Lipinski definition) is 5. The van der Waals surface area contributed by atoms with Crippen LogP contribution in [0.4, 0.5) is 5.82 Å². The fourth-order valence-corrected chi connectivity index (χ4v) is 1.86. The van der Waals surface area contributed by atoms with Crippen molar-refractivity contribution in [1.82, 2.24) is 25.1 Å². The SMILES string of the molecule is CCc1cc(C(=O)NCc2nncn2CC)cc(N)n1. The number of nitrogens with two attached hydrogens (primary N) is 1. The van der Waals surface area contributed by atoms with E-state index in [2.05, 4.69) is 20.5 Å². The second-order valence-electron chi connectivity index (χ2n) is 4.34. The van der Waals surface area contributed by atoms with Crippen LogP contribution in [0.5, 0.6) is 0 Å². The highest BCUT2D eigenvalue weighted by molar-refractivity contribution is 5.94. The monoisotopic (exact) mass is 274 g/mol. The molecule has 7 nitrogen and oxygen atoms in total. The number of nitrogens with zero attached hydrogens (tertiary/aromatic N) is 4. The summed E-state index contributed by atoms with van der Waals surface area (Å²) in [7, 11) is 0. The highest BCUT2D eigenvalue weighted by atomic mass is 16.1. The lowest BCUT2D eigenvalue weighted by atomic mass is 10.2. The first kappa shape index (κ1) is 14.0. The van der Waals surface area contributed by atoms with Gasteiger partial charge in [-0.1, -0.05) is 6.92 Å². The van der Waals surface area contributed by atoms with Gasteiger partial charge in [0.05, 0.1) is 6.54 Å². The first-order chi connectivity index (χ1) is 9.63. The molecule has 0 fully saturated rings. The zero-order chi connectivity index (χ0) is 14.5.